The minimum absolute atomic E-state index is 0.0299. The molecule has 27 heavy (non-hydrogen) atoms. The highest BCUT2D eigenvalue weighted by Crippen LogP contribution is 2.45. The van der Waals surface area contributed by atoms with Gasteiger partial charge in [0.2, 0.25) is 0 Å². The van der Waals surface area contributed by atoms with Gasteiger partial charge in [-0.05, 0) is 25.0 Å². The van der Waals surface area contributed by atoms with Crippen LogP contribution in [0.5, 0.6) is 0 Å². The van der Waals surface area contributed by atoms with Crippen LogP contribution in [0.4, 0.5) is 0 Å². The van der Waals surface area contributed by atoms with E-state index >= 15 is 0 Å². The van der Waals surface area contributed by atoms with Crippen molar-refractivity contribution in [3.63, 3.8) is 0 Å². The maximum absolute atomic E-state index is 7.77. The van der Waals surface area contributed by atoms with Crippen LogP contribution in [0.25, 0.3) is 0 Å². The third-order valence-corrected chi connectivity index (χ3v) is 11.2. The molecule has 4 fully saturated rings. The molecule has 0 amide bonds. The van der Waals surface area contributed by atoms with Crippen molar-refractivity contribution in [1.29, 1.82) is 0 Å². The van der Waals surface area contributed by atoms with Gasteiger partial charge in [-0.1, -0.05) is 20.8 Å². The first-order valence-electron chi connectivity index (χ1n) is 10.5. The van der Waals surface area contributed by atoms with Crippen molar-refractivity contribution in [2.75, 3.05) is 39.8 Å². The van der Waals surface area contributed by atoms with Crippen LogP contribution in [-0.4, -0.2) is 83.8 Å². The first kappa shape index (κ1) is 18.9. The molecular formula is C19H34O7Si. The van der Waals surface area contributed by atoms with Gasteiger partial charge in [-0.15, -0.1) is 0 Å². The molecule has 4 bridgehead atoms. The van der Waals surface area contributed by atoms with E-state index in [4.69, 9.17) is 34.2 Å². The summed E-state index contributed by atoms with van der Waals surface area (Å²) >= 11 is 0. The zero-order valence-corrected chi connectivity index (χ0v) is 18.1. The van der Waals surface area contributed by atoms with Gasteiger partial charge in [0.15, 0.2) is 8.32 Å². The monoisotopic (exact) mass is 403 g/mol. The second kappa shape index (κ2) is 6.73. The van der Waals surface area contributed by atoms with E-state index < -0.39 is 19.5 Å². The van der Waals surface area contributed by atoms with Crippen LogP contribution in [0.1, 0.15) is 29.0 Å². The van der Waals surface area contributed by atoms with E-state index in [1.165, 1.54) is 0 Å². The highest BCUT2D eigenvalue weighted by Gasteiger charge is 2.60. The van der Waals surface area contributed by atoms with Crippen molar-refractivity contribution < 1.29 is 34.2 Å². The Kier molecular flexibility index (Phi) is 4.72. The number of rotatable bonds is 7. The zero-order chi connectivity index (χ0) is 20.2. The van der Waals surface area contributed by atoms with E-state index in [2.05, 4.69) is 33.9 Å². The van der Waals surface area contributed by atoms with Crippen molar-refractivity contribution in [2.45, 2.75) is 81.4 Å². The molecule has 4 saturated heterocycles. The maximum atomic E-state index is 7.77. The Labute approximate surface area is 164 Å². The van der Waals surface area contributed by atoms with E-state index in [1.807, 2.05) is 0 Å². The van der Waals surface area contributed by atoms with Crippen LogP contribution in [-0.2, 0) is 32.8 Å². The van der Waals surface area contributed by atoms with E-state index in [-0.39, 0.29) is 43.1 Å². The van der Waals surface area contributed by atoms with Crippen molar-refractivity contribution >= 4 is 8.32 Å². The lowest BCUT2D eigenvalue weighted by Gasteiger charge is -2.41. The summed E-state index contributed by atoms with van der Waals surface area (Å²) in [6, 6.07) is 0. The maximum Gasteiger partial charge on any atom is 0.192 e. The van der Waals surface area contributed by atoms with E-state index in [0.29, 0.717) is 33.0 Å². The van der Waals surface area contributed by atoms with Crippen molar-refractivity contribution in [1.82, 2.24) is 0 Å². The number of fused-ring (bicyclic) bond motifs is 4. The normalized spacial score (nSPS) is 44.3. The zero-order valence-electron chi connectivity index (χ0n) is 18.1. The summed E-state index contributed by atoms with van der Waals surface area (Å²) in [5.74, 6) is 0. The lowest BCUT2D eigenvalue weighted by atomic mass is 10.0. The molecule has 156 valence electrons. The van der Waals surface area contributed by atoms with E-state index in [1.54, 1.807) is 0 Å². The van der Waals surface area contributed by atoms with E-state index in [9.17, 15) is 0 Å². The van der Waals surface area contributed by atoms with Gasteiger partial charge in [-0.3, -0.25) is 0 Å². The predicted molar refractivity (Wildman–Crippen MR) is 100 cm³/mol. The largest absolute Gasteiger partial charge is 0.408 e. The van der Waals surface area contributed by atoms with Gasteiger partial charge in [0.1, 0.15) is 42.4 Å². The second-order valence-electron chi connectivity index (χ2n) is 9.80. The van der Waals surface area contributed by atoms with Crippen LogP contribution in [0, 0.1) is 0 Å². The number of ether oxygens (including phenoxy) is 6. The first-order chi connectivity index (χ1) is 13.1. The molecule has 4 heterocycles. The van der Waals surface area contributed by atoms with Gasteiger partial charge in [0.05, 0.1) is 33.0 Å². The molecule has 0 aromatic heterocycles. The van der Waals surface area contributed by atoms with Gasteiger partial charge < -0.3 is 32.8 Å². The Balaban J connectivity index is 1.33. The van der Waals surface area contributed by atoms with Gasteiger partial charge in [-0.2, -0.15) is 0 Å². The predicted octanol–water partition coefficient (Wildman–Crippen LogP) is 2.09. The molecule has 0 N–H and O–H groups in total. The van der Waals surface area contributed by atoms with Crippen LogP contribution in [0.15, 0.2) is 0 Å². The highest BCUT2D eigenvalue weighted by molar-refractivity contribution is 6.74. The minimum Gasteiger partial charge on any atom is -0.408 e. The Morgan fingerprint density at radius 1 is 1.07 bits per heavy atom. The summed E-state index contributed by atoms with van der Waals surface area (Å²) < 4.78 is 49.6. The van der Waals surface area contributed by atoms with Gasteiger partial charge in [-0.25, -0.2) is 0 Å². The summed E-state index contributed by atoms with van der Waals surface area (Å²) in [5.41, 5.74) is -1.22. The molecule has 4 aliphatic rings. The Hall–Kier alpha value is -0.0631. The minimum atomic E-state index is -1.95. The van der Waals surface area contributed by atoms with Crippen LogP contribution in [0.3, 0.4) is 0 Å². The average Bonchev–Trinajstić information content (AvgIpc) is 3.36. The molecule has 6 atom stereocenters. The molecule has 0 aliphatic carbocycles. The molecule has 8 heteroatoms. The molecular weight excluding hydrogens is 368 g/mol. The summed E-state index contributed by atoms with van der Waals surface area (Å²) in [5, 5.41) is 0.118. The fourth-order valence-electron chi connectivity index (χ4n) is 3.97. The lowest BCUT2D eigenvalue weighted by molar-refractivity contribution is -0.176. The molecule has 0 spiro atoms. The smallest absolute Gasteiger partial charge is 0.192 e. The molecule has 0 unspecified atom stereocenters. The lowest BCUT2D eigenvalue weighted by Crippen LogP contribution is -2.53. The fourth-order valence-corrected chi connectivity index (χ4v) is 5.32. The molecule has 0 saturated carbocycles. The van der Waals surface area contributed by atoms with Crippen molar-refractivity contribution in [3.8, 4) is 0 Å². The Bertz CT molecular complexity index is 565. The third kappa shape index (κ3) is 3.42. The quantitative estimate of drug-likeness (QED) is 0.366. The van der Waals surface area contributed by atoms with E-state index in [0.717, 1.165) is 0 Å². The Morgan fingerprint density at radius 2 is 1.78 bits per heavy atom. The summed E-state index contributed by atoms with van der Waals surface area (Å²) in [6.07, 6.45) is -0.498. The van der Waals surface area contributed by atoms with Gasteiger partial charge in [0, 0.05) is 1.37 Å². The van der Waals surface area contributed by atoms with Crippen LogP contribution < -0.4 is 0 Å². The van der Waals surface area contributed by atoms with Crippen LogP contribution in [0.2, 0.25) is 18.1 Å². The van der Waals surface area contributed by atoms with Crippen molar-refractivity contribution in [2.24, 2.45) is 0 Å². The topological polar surface area (TPSA) is 64.6 Å². The molecule has 0 aromatic rings. The molecule has 4 rings (SSSR count). The SMILES string of the molecule is [2H]C[C@@]12CO[C@@H](CO1)[C@@H]2OCOC[C@@]12CO[C@@H](CO1)[C@@H]2O[Si](C)(C)C(C)(C)C. The Morgan fingerprint density at radius 3 is 2.37 bits per heavy atom. The number of hydrogen-bond donors (Lipinski definition) is 0. The summed E-state index contributed by atoms with van der Waals surface area (Å²) in [7, 11) is -1.95. The highest BCUT2D eigenvalue weighted by atomic mass is 28.4. The first-order valence-corrected chi connectivity index (χ1v) is 12.7. The average molecular weight is 404 g/mol. The summed E-state index contributed by atoms with van der Waals surface area (Å²) in [4.78, 5) is 0. The molecule has 0 aromatic carbocycles. The molecule has 4 aliphatic heterocycles. The standard InChI is InChI=1S/C19H34O7Si/c1-17(2,3)27(5,6)26-16-14-8-25-19(16,11-22-14)10-20-12-23-15-13-7-24-18(15,4)9-21-13/h13-16H,7-12H2,1-6H3/t13-,14-,15-,16-,18-,19-/m0/s1/i4D. The van der Waals surface area contributed by atoms with Gasteiger partial charge in [0.25, 0.3) is 0 Å². The fraction of sp³-hybridized carbons (Fsp3) is 1.00. The van der Waals surface area contributed by atoms with Crippen molar-refractivity contribution in [3.05, 3.63) is 0 Å². The van der Waals surface area contributed by atoms with Gasteiger partial charge >= 0.3 is 0 Å². The van der Waals surface area contributed by atoms with Crippen LogP contribution >= 0.6 is 0 Å². The molecule has 0 radical (unpaired) electrons. The number of hydrogen-bond acceptors (Lipinski definition) is 7. The third-order valence-electron chi connectivity index (χ3n) is 6.77. The second-order valence-corrected chi connectivity index (χ2v) is 14.6. The molecule has 7 nitrogen and oxygen atoms in total. The summed E-state index contributed by atoms with van der Waals surface area (Å²) in [6.45, 7) is 13.7.